The van der Waals surface area contributed by atoms with Crippen LogP contribution < -0.4 is 25.2 Å². The smallest absolute Gasteiger partial charge is 0.323 e. The summed E-state index contributed by atoms with van der Waals surface area (Å²) in [7, 11) is -1.06. The van der Waals surface area contributed by atoms with Crippen LogP contribution >= 0.6 is 0 Å². The number of fused-ring (bicyclic) bond motifs is 1. The third-order valence-electron chi connectivity index (χ3n) is 4.86. The molecule has 170 valence electrons. The summed E-state index contributed by atoms with van der Waals surface area (Å²) < 4.78 is 38.8. The van der Waals surface area contributed by atoms with Crippen molar-refractivity contribution in [2.45, 2.75) is 4.90 Å². The van der Waals surface area contributed by atoms with E-state index in [0.29, 0.717) is 28.2 Å². The average molecular weight is 468 g/mol. The Morgan fingerprint density at radius 2 is 1.61 bits per heavy atom. The van der Waals surface area contributed by atoms with Gasteiger partial charge in [0.1, 0.15) is 0 Å². The molecule has 0 saturated heterocycles. The number of hydrogen-bond donors (Lipinski definition) is 4. The molecule has 0 radical (unpaired) electrons. The lowest BCUT2D eigenvalue weighted by Crippen LogP contribution is -2.18. The van der Waals surface area contributed by atoms with Crippen LogP contribution in [0.5, 0.6) is 11.5 Å². The van der Waals surface area contributed by atoms with Crippen LogP contribution in [0.1, 0.15) is 10.4 Å². The Kier molecular flexibility index (Phi) is 5.80. The van der Waals surface area contributed by atoms with Crippen molar-refractivity contribution in [2.75, 3.05) is 24.3 Å². The van der Waals surface area contributed by atoms with Crippen LogP contribution in [0.15, 0.2) is 70.4 Å². The van der Waals surface area contributed by atoms with Crippen LogP contribution in [-0.2, 0) is 10.0 Å². The van der Waals surface area contributed by atoms with Gasteiger partial charge in [0.2, 0.25) is 0 Å². The molecule has 4 aromatic rings. The van der Waals surface area contributed by atoms with Gasteiger partial charge in [-0.15, -0.1) is 0 Å². The van der Waals surface area contributed by atoms with Crippen molar-refractivity contribution in [3.05, 3.63) is 76.7 Å². The molecule has 0 aliphatic rings. The molecule has 3 aromatic carbocycles. The molecule has 0 spiro atoms. The summed E-state index contributed by atoms with van der Waals surface area (Å²) in [6.07, 6.45) is 0. The second-order valence-corrected chi connectivity index (χ2v) is 8.64. The van der Waals surface area contributed by atoms with Gasteiger partial charge in [-0.25, -0.2) is 13.2 Å². The largest absolute Gasteiger partial charge is 0.493 e. The summed E-state index contributed by atoms with van der Waals surface area (Å²) in [4.78, 5) is 29.4. The van der Waals surface area contributed by atoms with Gasteiger partial charge in [0.05, 0.1) is 41.4 Å². The predicted molar refractivity (Wildman–Crippen MR) is 124 cm³/mol. The lowest BCUT2D eigenvalue weighted by molar-refractivity contribution is 0.102. The number of amides is 1. The SMILES string of the molecule is COc1ccc(NC(=O)c2ccccc2NS(=O)(=O)c2ccc3[nH]c(=O)[nH]c3c2)cc1OC. The number of methoxy groups -OCH3 is 2. The lowest BCUT2D eigenvalue weighted by atomic mass is 10.1. The summed E-state index contributed by atoms with van der Waals surface area (Å²) in [6, 6.07) is 15.3. The van der Waals surface area contributed by atoms with E-state index >= 15 is 0 Å². The molecule has 1 aromatic heterocycles. The van der Waals surface area contributed by atoms with Gasteiger partial charge in [0.15, 0.2) is 11.5 Å². The van der Waals surface area contributed by atoms with Crippen LogP contribution in [0.3, 0.4) is 0 Å². The first-order valence-electron chi connectivity index (χ1n) is 9.68. The van der Waals surface area contributed by atoms with Gasteiger partial charge in [0.25, 0.3) is 15.9 Å². The summed E-state index contributed by atoms with van der Waals surface area (Å²) >= 11 is 0. The van der Waals surface area contributed by atoms with E-state index in [0.717, 1.165) is 0 Å². The summed E-state index contributed by atoms with van der Waals surface area (Å²) in [6.45, 7) is 0. The first kappa shape index (κ1) is 22.0. The zero-order chi connectivity index (χ0) is 23.6. The number of H-pyrrole nitrogens is 2. The molecule has 0 saturated carbocycles. The predicted octanol–water partition coefficient (Wildman–Crippen LogP) is 2.93. The number of aromatic amines is 2. The molecule has 0 unspecified atom stereocenters. The lowest BCUT2D eigenvalue weighted by Gasteiger charge is -2.14. The third kappa shape index (κ3) is 4.53. The second kappa shape index (κ2) is 8.71. The molecule has 4 rings (SSSR count). The van der Waals surface area contributed by atoms with Crippen molar-refractivity contribution in [1.82, 2.24) is 9.97 Å². The van der Waals surface area contributed by atoms with E-state index in [4.69, 9.17) is 9.47 Å². The van der Waals surface area contributed by atoms with Crippen LogP contribution in [0.2, 0.25) is 0 Å². The zero-order valence-electron chi connectivity index (χ0n) is 17.6. The quantitative estimate of drug-likeness (QED) is 0.328. The normalized spacial score (nSPS) is 11.2. The Balaban J connectivity index is 1.61. The Hall–Kier alpha value is -4.25. The Bertz CT molecular complexity index is 1510. The van der Waals surface area contributed by atoms with Crippen LogP contribution in [0.4, 0.5) is 11.4 Å². The fraction of sp³-hybridized carbons (Fsp3) is 0.0909. The number of rotatable bonds is 7. The zero-order valence-corrected chi connectivity index (χ0v) is 18.4. The van der Waals surface area contributed by atoms with Crippen molar-refractivity contribution in [2.24, 2.45) is 0 Å². The molecule has 11 heteroatoms. The Labute approximate surface area is 188 Å². The van der Waals surface area contributed by atoms with Gasteiger partial charge in [-0.1, -0.05) is 12.1 Å². The van der Waals surface area contributed by atoms with E-state index < -0.39 is 21.6 Å². The van der Waals surface area contributed by atoms with Crippen molar-refractivity contribution in [3.8, 4) is 11.5 Å². The van der Waals surface area contributed by atoms with Crippen molar-refractivity contribution in [1.29, 1.82) is 0 Å². The van der Waals surface area contributed by atoms with Gasteiger partial charge < -0.3 is 24.8 Å². The highest BCUT2D eigenvalue weighted by atomic mass is 32.2. The molecule has 0 aliphatic heterocycles. The van der Waals surface area contributed by atoms with E-state index in [9.17, 15) is 18.0 Å². The van der Waals surface area contributed by atoms with Gasteiger partial charge >= 0.3 is 5.69 Å². The molecule has 0 fully saturated rings. The first-order chi connectivity index (χ1) is 15.8. The van der Waals surface area contributed by atoms with Crippen molar-refractivity contribution in [3.63, 3.8) is 0 Å². The number of ether oxygens (including phenoxy) is 2. The monoisotopic (exact) mass is 468 g/mol. The minimum absolute atomic E-state index is 0.0691. The molecular formula is C22H20N4O6S. The van der Waals surface area contributed by atoms with E-state index in [1.807, 2.05) is 0 Å². The number of benzene rings is 3. The maximum Gasteiger partial charge on any atom is 0.323 e. The summed E-state index contributed by atoms with van der Waals surface area (Å²) in [5.41, 5.74) is 1.04. The molecule has 0 aliphatic carbocycles. The van der Waals surface area contributed by atoms with E-state index in [-0.39, 0.29) is 16.1 Å². The summed E-state index contributed by atoms with van der Waals surface area (Å²) in [5.74, 6) is 0.415. The number of hydrogen-bond acceptors (Lipinski definition) is 6. The molecule has 1 heterocycles. The van der Waals surface area contributed by atoms with Gasteiger partial charge in [-0.3, -0.25) is 9.52 Å². The van der Waals surface area contributed by atoms with Crippen LogP contribution in [0.25, 0.3) is 11.0 Å². The third-order valence-corrected chi connectivity index (χ3v) is 6.22. The second-order valence-electron chi connectivity index (χ2n) is 6.96. The molecule has 1 amide bonds. The standard InChI is InChI=1S/C22H20N4O6S/c1-31-19-10-7-13(11-20(19)32-2)23-21(27)15-5-3-4-6-16(15)26-33(29,30)14-8-9-17-18(12-14)25-22(28)24-17/h3-12,26H,1-2H3,(H,23,27)(H2,24,25,28). The number of anilines is 2. The highest BCUT2D eigenvalue weighted by molar-refractivity contribution is 7.92. The number of aromatic nitrogens is 2. The van der Waals surface area contributed by atoms with Crippen LogP contribution in [0, 0.1) is 0 Å². The average Bonchev–Trinajstić information content (AvgIpc) is 3.18. The number of carbonyl (C=O) groups excluding carboxylic acids is 1. The van der Waals surface area contributed by atoms with E-state index in [1.165, 1.54) is 44.6 Å². The van der Waals surface area contributed by atoms with Gasteiger partial charge in [-0.2, -0.15) is 0 Å². The Morgan fingerprint density at radius 3 is 2.36 bits per heavy atom. The molecule has 33 heavy (non-hydrogen) atoms. The fourth-order valence-electron chi connectivity index (χ4n) is 3.27. The van der Waals surface area contributed by atoms with Gasteiger partial charge in [0, 0.05) is 11.8 Å². The topological polar surface area (TPSA) is 142 Å². The Morgan fingerprint density at radius 1 is 0.879 bits per heavy atom. The minimum Gasteiger partial charge on any atom is -0.493 e. The van der Waals surface area contributed by atoms with E-state index in [1.54, 1.807) is 30.3 Å². The molecule has 4 N–H and O–H groups in total. The van der Waals surface area contributed by atoms with Crippen molar-refractivity contribution >= 4 is 38.3 Å². The molecule has 0 atom stereocenters. The number of nitrogens with one attached hydrogen (secondary N) is 4. The molecule has 10 nitrogen and oxygen atoms in total. The minimum atomic E-state index is -4.05. The van der Waals surface area contributed by atoms with E-state index in [2.05, 4.69) is 20.0 Å². The maximum absolute atomic E-state index is 13.0. The number of imidazole rings is 1. The highest BCUT2D eigenvalue weighted by Crippen LogP contribution is 2.30. The van der Waals surface area contributed by atoms with Gasteiger partial charge in [-0.05, 0) is 42.5 Å². The number of para-hydroxylation sites is 1. The maximum atomic E-state index is 13.0. The number of carbonyl (C=O) groups is 1. The first-order valence-corrected chi connectivity index (χ1v) is 11.2. The fourth-order valence-corrected chi connectivity index (χ4v) is 4.37. The highest BCUT2D eigenvalue weighted by Gasteiger charge is 2.20. The molecule has 0 bridgehead atoms. The van der Waals surface area contributed by atoms with Crippen molar-refractivity contribution < 1.29 is 22.7 Å². The van der Waals surface area contributed by atoms with Crippen LogP contribution in [-0.4, -0.2) is 38.5 Å². The molecular weight excluding hydrogens is 448 g/mol. The summed E-state index contributed by atoms with van der Waals surface area (Å²) in [5, 5.41) is 2.72. The number of sulfonamides is 1.